The van der Waals surface area contributed by atoms with E-state index in [1.54, 1.807) is 0 Å². The Hall–Kier alpha value is -2.20. The zero-order chi connectivity index (χ0) is 15.1. The molecule has 3 nitrogen and oxygen atoms in total. The predicted molar refractivity (Wildman–Crippen MR) is 88.9 cm³/mol. The van der Waals surface area contributed by atoms with Crippen molar-refractivity contribution < 1.29 is 4.79 Å². The molecule has 1 atom stereocenters. The second kappa shape index (κ2) is 7.55. The highest BCUT2D eigenvalue weighted by Crippen LogP contribution is 2.10. The van der Waals surface area contributed by atoms with Crippen LogP contribution in [0.5, 0.6) is 0 Å². The Bertz CT molecular complexity index is 599. The van der Waals surface area contributed by atoms with Gasteiger partial charge in [-0.3, -0.25) is 4.79 Å². The van der Waals surface area contributed by atoms with Gasteiger partial charge in [0.15, 0.2) is 4.99 Å². The number of nitrogens with one attached hydrogen (secondary N) is 2. The summed E-state index contributed by atoms with van der Waals surface area (Å²) in [4.78, 5) is 12.2. The van der Waals surface area contributed by atoms with Gasteiger partial charge >= 0.3 is 0 Å². The molecule has 0 aliphatic carbocycles. The number of hydrogen-bond acceptors (Lipinski definition) is 2. The normalized spacial score (nSPS) is 11.5. The average molecular weight is 298 g/mol. The van der Waals surface area contributed by atoms with Crippen molar-refractivity contribution in [1.82, 2.24) is 10.6 Å². The van der Waals surface area contributed by atoms with Gasteiger partial charge in [0, 0.05) is 12.6 Å². The van der Waals surface area contributed by atoms with Crippen molar-refractivity contribution in [2.45, 2.75) is 19.5 Å². The van der Waals surface area contributed by atoms with Crippen LogP contribution in [-0.2, 0) is 11.3 Å². The van der Waals surface area contributed by atoms with Crippen LogP contribution in [-0.4, -0.2) is 10.9 Å². The maximum Gasteiger partial charge on any atom is 0.278 e. The third kappa shape index (κ3) is 4.68. The minimum absolute atomic E-state index is 0.00109. The highest BCUT2D eigenvalue weighted by atomic mass is 32.1. The largest absolute Gasteiger partial charge is 0.365 e. The summed E-state index contributed by atoms with van der Waals surface area (Å²) in [5.74, 6) is -0.253. The molecule has 0 fully saturated rings. The van der Waals surface area contributed by atoms with Crippen molar-refractivity contribution >= 4 is 23.1 Å². The van der Waals surface area contributed by atoms with Gasteiger partial charge in [-0.2, -0.15) is 0 Å². The Kier molecular flexibility index (Phi) is 5.46. The first-order chi connectivity index (χ1) is 10.2. The van der Waals surface area contributed by atoms with E-state index in [4.69, 9.17) is 12.2 Å². The lowest BCUT2D eigenvalue weighted by molar-refractivity contribution is -0.115. The molecular weight excluding hydrogens is 280 g/mol. The number of amides is 1. The van der Waals surface area contributed by atoms with Crippen molar-refractivity contribution in [3.8, 4) is 0 Å². The highest BCUT2D eigenvalue weighted by Gasteiger charge is 2.12. The van der Waals surface area contributed by atoms with Crippen molar-refractivity contribution in [3.05, 3.63) is 71.8 Å². The molecule has 2 aromatic carbocycles. The van der Waals surface area contributed by atoms with Gasteiger partial charge in [0.05, 0.1) is 0 Å². The van der Waals surface area contributed by atoms with Gasteiger partial charge in [-0.15, -0.1) is 0 Å². The van der Waals surface area contributed by atoms with Gasteiger partial charge in [0.2, 0.25) is 0 Å². The van der Waals surface area contributed by atoms with Crippen molar-refractivity contribution in [3.63, 3.8) is 0 Å². The van der Waals surface area contributed by atoms with Crippen LogP contribution in [0.3, 0.4) is 0 Å². The molecule has 0 saturated carbocycles. The molecule has 0 aliphatic heterocycles. The molecule has 0 saturated heterocycles. The van der Waals surface area contributed by atoms with Crippen LogP contribution in [0.25, 0.3) is 0 Å². The second-order valence-corrected chi connectivity index (χ2v) is 5.18. The van der Waals surface area contributed by atoms with E-state index in [0.717, 1.165) is 11.1 Å². The highest BCUT2D eigenvalue weighted by molar-refractivity contribution is 7.82. The number of thiocarbonyl (C=S) groups is 1. The monoisotopic (exact) mass is 298 g/mol. The molecule has 108 valence electrons. The van der Waals surface area contributed by atoms with Crippen LogP contribution in [0.2, 0.25) is 0 Å². The summed E-state index contributed by atoms with van der Waals surface area (Å²) in [6.07, 6.45) is 0. The Morgan fingerprint density at radius 2 is 1.62 bits per heavy atom. The van der Waals surface area contributed by atoms with Crippen LogP contribution in [0.1, 0.15) is 24.1 Å². The standard InChI is InChI=1S/C17H18N2OS/c1-13(15-10-6-3-7-11-15)19-17(21)16(20)18-12-14-8-4-2-5-9-14/h2-11,13H,12H2,1H3,(H,18,20)(H,19,21). The first-order valence-electron chi connectivity index (χ1n) is 6.84. The van der Waals surface area contributed by atoms with Crippen LogP contribution >= 0.6 is 12.2 Å². The zero-order valence-corrected chi connectivity index (χ0v) is 12.7. The van der Waals surface area contributed by atoms with Crippen molar-refractivity contribution in [2.24, 2.45) is 0 Å². The lowest BCUT2D eigenvalue weighted by Crippen LogP contribution is -2.39. The van der Waals surface area contributed by atoms with Gasteiger partial charge in [0.25, 0.3) is 5.91 Å². The fraction of sp³-hybridized carbons (Fsp3) is 0.176. The third-order valence-electron chi connectivity index (χ3n) is 3.15. The lowest BCUT2D eigenvalue weighted by atomic mass is 10.1. The molecule has 2 aromatic rings. The SMILES string of the molecule is CC(NC(=S)C(=O)NCc1ccccc1)c1ccccc1. The van der Waals surface area contributed by atoms with Gasteiger partial charge in [-0.1, -0.05) is 72.9 Å². The molecule has 0 radical (unpaired) electrons. The summed E-state index contributed by atoms with van der Waals surface area (Å²) < 4.78 is 0. The average Bonchev–Trinajstić information content (AvgIpc) is 2.54. The van der Waals surface area contributed by atoms with Gasteiger partial charge in [-0.05, 0) is 18.1 Å². The molecular formula is C17H18N2OS. The first kappa shape index (κ1) is 15.2. The van der Waals surface area contributed by atoms with Gasteiger partial charge < -0.3 is 10.6 Å². The summed E-state index contributed by atoms with van der Waals surface area (Å²) in [6.45, 7) is 2.45. The Morgan fingerprint density at radius 1 is 1.05 bits per heavy atom. The Balaban J connectivity index is 1.84. The maximum atomic E-state index is 12.0. The molecule has 2 N–H and O–H groups in total. The van der Waals surface area contributed by atoms with E-state index in [-0.39, 0.29) is 16.9 Å². The van der Waals surface area contributed by atoms with Gasteiger partial charge in [0.1, 0.15) is 0 Å². The molecule has 4 heteroatoms. The summed E-state index contributed by atoms with van der Waals surface area (Å²) in [5.41, 5.74) is 2.14. The Labute approximate surface area is 130 Å². The van der Waals surface area contributed by atoms with E-state index in [2.05, 4.69) is 10.6 Å². The van der Waals surface area contributed by atoms with Crippen LogP contribution in [0.4, 0.5) is 0 Å². The summed E-state index contributed by atoms with van der Waals surface area (Å²) in [7, 11) is 0. The Morgan fingerprint density at radius 3 is 2.24 bits per heavy atom. The fourth-order valence-corrected chi connectivity index (χ4v) is 2.19. The van der Waals surface area contributed by atoms with Crippen LogP contribution in [0, 0.1) is 0 Å². The molecule has 1 amide bonds. The van der Waals surface area contributed by atoms with Crippen LogP contribution < -0.4 is 10.6 Å². The number of rotatable bonds is 4. The van der Waals surface area contributed by atoms with Crippen molar-refractivity contribution in [1.29, 1.82) is 0 Å². The van der Waals surface area contributed by atoms with E-state index in [1.165, 1.54) is 0 Å². The number of carbonyl (C=O) groups excluding carboxylic acids is 1. The molecule has 1 unspecified atom stereocenters. The number of carbonyl (C=O) groups is 1. The summed E-state index contributed by atoms with van der Waals surface area (Å²) in [6, 6.07) is 19.6. The van der Waals surface area contributed by atoms with E-state index >= 15 is 0 Å². The van der Waals surface area contributed by atoms with Crippen molar-refractivity contribution in [2.75, 3.05) is 0 Å². The summed E-state index contributed by atoms with van der Waals surface area (Å²) >= 11 is 5.15. The third-order valence-corrected chi connectivity index (χ3v) is 3.45. The second-order valence-electron chi connectivity index (χ2n) is 4.77. The molecule has 21 heavy (non-hydrogen) atoms. The van der Waals surface area contributed by atoms with Gasteiger partial charge in [-0.25, -0.2) is 0 Å². The minimum atomic E-state index is -0.253. The first-order valence-corrected chi connectivity index (χ1v) is 7.25. The fourth-order valence-electron chi connectivity index (χ4n) is 1.95. The van der Waals surface area contributed by atoms with E-state index in [1.807, 2.05) is 67.6 Å². The minimum Gasteiger partial charge on any atom is -0.365 e. The van der Waals surface area contributed by atoms with E-state index in [0.29, 0.717) is 6.54 Å². The lowest BCUT2D eigenvalue weighted by Gasteiger charge is -2.16. The quantitative estimate of drug-likeness (QED) is 0.853. The molecule has 2 rings (SSSR count). The molecule has 0 bridgehead atoms. The predicted octanol–water partition coefficient (Wildman–Crippen LogP) is 2.98. The topological polar surface area (TPSA) is 41.1 Å². The zero-order valence-electron chi connectivity index (χ0n) is 11.9. The molecule has 0 aliphatic rings. The smallest absolute Gasteiger partial charge is 0.278 e. The number of benzene rings is 2. The molecule has 0 aromatic heterocycles. The van der Waals surface area contributed by atoms with E-state index < -0.39 is 0 Å². The van der Waals surface area contributed by atoms with Crippen LogP contribution in [0.15, 0.2) is 60.7 Å². The maximum absolute atomic E-state index is 12.0. The molecule has 0 heterocycles. The summed E-state index contributed by atoms with van der Waals surface area (Å²) in [5, 5.41) is 5.86. The number of hydrogen-bond donors (Lipinski definition) is 2. The van der Waals surface area contributed by atoms with E-state index in [9.17, 15) is 4.79 Å². The molecule has 0 spiro atoms.